The Morgan fingerprint density at radius 3 is 2.95 bits per heavy atom. The Morgan fingerprint density at radius 2 is 2.30 bits per heavy atom. The number of anilines is 2. The SMILES string of the molecule is CCCC(CO)Nc1nc(N)nc2cc(C#N)cnc12. The number of nitrogens with zero attached hydrogens (tertiary/aromatic N) is 4. The molecule has 0 aliphatic rings. The van der Waals surface area contributed by atoms with Crippen LogP contribution in [0, 0.1) is 11.3 Å². The number of fused-ring (bicyclic) bond motifs is 1. The predicted molar refractivity (Wildman–Crippen MR) is 75.9 cm³/mol. The highest BCUT2D eigenvalue weighted by Crippen LogP contribution is 2.21. The summed E-state index contributed by atoms with van der Waals surface area (Å²) in [6.07, 6.45) is 3.20. The molecule has 4 N–H and O–H groups in total. The lowest BCUT2D eigenvalue weighted by molar-refractivity contribution is 0.268. The van der Waals surface area contributed by atoms with Crippen LogP contribution in [0.25, 0.3) is 11.0 Å². The fourth-order valence-corrected chi connectivity index (χ4v) is 1.95. The van der Waals surface area contributed by atoms with Crippen molar-refractivity contribution in [3.63, 3.8) is 0 Å². The zero-order valence-electron chi connectivity index (χ0n) is 11.2. The highest BCUT2D eigenvalue weighted by Gasteiger charge is 2.13. The Morgan fingerprint density at radius 1 is 1.50 bits per heavy atom. The predicted octanol–water partition coefficient (Wildman–Crippen LogP) is 1.05. The molecule has 1 atom stereocenters. The monoisotopic (exact) mass is 272 g/mol. The Balaban J connectivity index is 2.44. The van der Waals surface area contributed by atoms with E-state index in [9.17, 15) is 5.11 Å². The highest BCUT2D eigenvalue weighted by molar-refractivity contribution is 5.86. The highest BCUT2D eigenvalue weighted by atomic mass is 16.3. The van der Waals surface area contributed by atoms with Gasteiger partial charge in [0.2, 0.25) is 5.95 Å². The van der Waals surface area contributed by atoms with E-state index in [1.165, 1.54) is 6.20 Å². The summed E-state index contributed by atoms with van der Waals surface area (Å²) in [6.45, 7) is 2.03. The molecule has 0 spiro atoms. The van der Waals surface area contributed by atoms with Gasteiger partial charge in [0.1, 0.15) is 11.6 Å². The minimum absolute atomic E-state index is 0.00444. The van der Waals surface area contributed by atoms with Crippen LogP contribution in [0.3, 0.4) is 0 Å². The number of hydrogen-bond acceptors (Lipinski definition) is 7. The average molecular weight is 272 g/mol. The third-order valence-electron chi connectivity index (χ3n) is 2.88. The largest absolute Gasteiger partial charge is 0.394 e. The summed E-state index contributed by atoms with van der Waals surface area (Å²) in [5.41, 5.74) is 7.12. The number of nitrogens with one attached hydrogen (secondary N) is 1. The van der Waals surface area contributed by atoms with Crippen molar-refractivity contribution in [3.8, 4) is 6.07 Å². The van der Waals surface area contributed by atoms with Gasteiger partial charge in [-0.1, -0.05) is 13.3 Å². The summed E-state index contributed by atoms with van der Waals surface area (Å²) >= 11 is 0. The molecule has 2 heterocycles. The van der Waals surface area contributed by atoms with Gasteiger partial charge in [-0.3, -0.25) is 0 Å². The summed E-state index contributed by atoms with van der Waals surface area (Å²) in [5.74, 6) is 0.578. The third kappa shape index (κ3) is 2.92. The molecule has 2 rings (SSSR count). The van der Waals surface area contributed by atoms with E-state index in [4.69, 9.17) is 11.0 Å². The number of rotatable bonds is 5. The Bertz CT molecular complexity index is 651. The molecule has 1 unspecified atom stereocenters. The molecule has 0 aromatic carbocycles. The van der Waals surface area contributed by atoms with Gasteiger partial charge in [-0.05, 0) is 12.5 Å². The zero-order valence-corrected chi connectivity index (χ0v) is 11.2. The lowest BCUT2D eigenvalue weighted by Gasteiger charge is -2.17. The molecule has 7 heteroatoms. The number of aliphatic hydroxyl groups is 1. The molecule has 2 aromatic rings. The van der Waals surface area contributed by atoms with Crippen LogP contribution in [0.4, 0.5) is 11.8 Å². The summed E-state index contributed by atoms with van der Waals surface area (Å²) in [6, 6.07) is 3.50. The van der Waals surface area contributed by atoms with E-state index in [0.29, 0.717) is 22.4 Å². The third-order valence-corrected chi connectivity index (χ3v) is 2.88. The minimum Gasteiger partial charge on any atom is -0.394 e. The van der Waals surface area contributed by atoms with Crippen LogP contribution in [-0.2, 0) is 0 Å². The van der Waals surface area contributed by atoms with Crippen LogP contribution >= 0.6 is 0 Å². The number of pyridine rings is 1. The van der Waals surface area contributed by atoms with Crippen LogP contribution < -0.4 is 11.1 Å². The Labute approximate surface area is 116 Å². The van der Waals surface area contributed by atoms with Crippen LogP contribution in [0.2, 0.25) is 0 Å². The van der Waals surface area contributed by atoms with Gasteiger partial charge in [0.25, 0.3) is 0 Å². The van der Waals surface area contributed by atoms with Gasteiger partial charge in [0.05, 0.1) is 23.7 Å². The molecule has 0 saturated carbocycles. The lowest BCUT2D eigenvalue weighted by atomic mass is 10.2. The minimum atomic E-state index is -0.116. The molecule has 0 aliphatic heterocycles. The van der Waals surface area contributed by atoms with Gasteiger partial charge in [-0.25, -0.2) is 9.97 Å². The van der Waals surface area contributed by atoms with Crippen molar-refractivity contribution in [2.45, 2.75) is 25.8 Å². The topological polar surface area (TPSA) is 121 Å². The standard InChI is InChI=1S/C13H16N6O/c1-2-3-9(7-20)17-12-11-10(18-13(15)19-12)4-8(5-14)6-16-11/h4,6,9,20H,2-3,7H2,1H3,(H3,15,17,18,19). The summed E-state index contributed by atoms with van der Waals surface area (Å²) in [5, 5.41) is 21.3. The molecule has 7 nitrogen and oxygen atoms in total. The fraction of sp³-hybridized carbons (Fsp3) is 0.385. The van der Waals surface area contributed by atoms with Gasteiger partial charge < -0.3 is 16.2 Å². The van der Waals surface area contributed by atoms with Crippen LogP contribution in [0.15, 0.2) is 12.3 Å². The van der Waals surface area contributed by atoms with Crippen molar-refractivity contribution in [2.75, 3.05) is 17.7 Å². The fourth-order valence-electron chi connectivity index (χ4n) is 1.95. The number of aromatic nitrogens is 3. The maximum absolute atomic E-state index is 9.34. The van der Waals surface area contributed by atoms with E-state index in [0.717, 1.165) is 12.8 Å². The smallest absolute Gasteiger partial charge is 0.222 e. The molecule has 0 radical (unpaired) electrons. The van der Waals surface area contributed by atoms with E-state index in [1.807, 2.05) is 13.0 Å². The van der Waals surface area contributed by atoms with Crippen molar-refractivity contribution in [1.82, 2.24) is 15.0 Å². The first-order valence-corrected chi connectivity index (χ1v) is 6.38. The van der Waals surface area contributed by atoms with Crippen molar-refractivity contribution < 1.29 is 5.11 Å². The quantitative estimate of drug-likeness (QED) is 0.743. The van der Waals surface area contributed by atoms with Gasteiger partial charge in [-0.2, -0.15) is 10.2 Å². The van der Waals surface area contributed by atoms with Crippen molar-refractivity contribution in [1.29, 1.82) is 5.26 Å². The number of nitrogen functional groups attached to an aromatic ring is 1. The van der Waals surface area contributed by atoms with E-state index >= 15 is 0 Å². The molecular weight excluding hydrogens is 256 g/mol. The lowest BCUT2D eigenvalue weighted by Crippen LogP contribution is -2.24. The number of hydrogen-bond donors (Lipinski definition) is 3. The van der Waals surface area contributed by atoms with Gasteiger partial charge in [-0.15, -0.1) is 0 Å². The van der Waals surface area contributed by atoms with E-state index in [-0.39, 0.29) is 18.6 Å². The first-order valence-electron chi connectivity index (χ1n) is 6.38. The molecule has 0 amide bonds. The van der Waals surface area contributed by atoms with Crippen LogP contribution in [-0.4, -0.2) is 32.7 Å². The second kappa shape index (κ2) is 6.12. The van der Waals surface area contributed by atoms with Gasteiger partial charge in [0.15, 0.2) is 5.82 Å². The Kier molecular flexibility index (Phi) is 4.27. The maximum atomic E-state index is 9.34. The molecule has 0 fully saturated rings. The molecular formula is C13H16N6O. The van der Waals surface area contributed by atoms with Gasteiger partial charge in [0, 0.05) is 6.20 Å². The van der Waals surface area contributed by atoms with Crippen molar-refractivity contribution >= 4 is 22.8 Å². The summed E-state index contributed by atoms with van der Waals surface area (Å²) in [7, 11) is 0. The normalized spacial score (nSPS) is 12.1. The number of aliphatic hydroxyl groups excluding tert-OH is 1. The summed E-state index contributed by atoms with van der Waals surface area (Å²) < 4.78 is 0. The van der Waals surface area contributed by atoms with Crippen LogP contribution in [0.5, 0.6) is 0 Å². The number of nitriles is 1. The van der Waals surface area contributed by atoms with Crippen molar-refractivity contribution in [2.24, 2.45) is 0 Å². The Hall–Kier alpha value is -2.46. The van der Waals surface area contributed by atoms with Gasteiger partial charge >= 0.3 is 0 Å². The van der Waals surface area contributed by atoms with Crippen LogP contribution in [0.1, 0.15) is 25.3 Å². The van der Waals surface area contributed by atoms with E-state index < -0.39 is 0 Å². The molecule has 2 aromatic heterocycles. The molecule has 0 saturated heterocycles. The van der Waals surface area contributed by atoms with E-state index in [1.54, 1.807) is 6.07 Å². The number of nitrogens with two attached hydrogens (primary N) is 1. The maximum Gasteiger partial charge on any atom is 0.222 e. The van der Waals surface area contributed by atoms with Crippen molar-refractivity contribution in [3.05, 3.63) is 17.8 Å². The molecule has 104 valence electrons. The summed E-state index contributed by atoms with van der Waals surface area (Å²) in [4.78, 5) is 12.4. The molecule has 20 heavy (non-hydrogen) atoms. The molecule has 0 aliphatic carbocycles. The van der Waals surface area contributed by atoms with E-state index in [2.05, 4.69) is 20.3 Å². The second-order valence-electron chi connectivity index (χ2n) is 4.45. The first-order chi connectivity index (χ1) is 9.67. The second-order valence-corrected chi connectivity index (χ2v) is 4.45. The zero-order chi connectivity index (χ0) is 14.5. The first kappa shape index (κ1) is 14.0. The molecule has 0 bridgehead atoms. The average Bonchev–Trinajstić information content (AvgIpc) is 2.45.